The largest absolute Gasteiger partial charge is 0.392 e. The Morgan fingerprint density at radius 3 is 2.60 bits per heavy atom. The molecule has 2 bridgehead atoms. The molecule has 2 saturated carbocycles. The van der Waals surface area contributed by atoms with Crippen LogP contribution in [0, 0.1) is 23.7 Å². The zero-order chi connectivity index (χ0) is 11.0. The highest BCUT2D eigenvalue weighted by molar-refractivity contribution is 4.96. The maximum absolute atomic E-state index is 10.2. The minimum Gasteiger partial charge on any atom is -0.392 e. The monoisotopic (exact) mass is 212 g/mol. The van der Waals surface area contributed by atoms with Gasteiger partial charge in [-0.15, -0.1) is 0 Å². The number of hydrogen-bond donors (Lipinski definition) is 1. The fourth-order valence-corrected chi connectivity index (χ4v) is 3.75. The van der Waals surface area contributed by atoms with Crippen LogP contribution in [0.5, 0.6) is 0 Å². The zero-order valence-corrected chi connectivity index (χ0v) is 10.1. The third kappa shape index (κ3) is 2.07. The third-order valence-corrected chi connectivity index (χ3v) is 4.32. The van der Waals surface area contributed by atoms with Gasteiger partial charge in [-0.3, -0.25) is 0 Å². The molecule has 0 spiro atoms. The van der Waals surface area contributed by atoms with Crippen LogP contribution in [0.15, 0.2) is 0 Å². The van der Waals surface area contributed by atoms with Gasteiger partial charge in [0, 0.05) is 12.5 Å². The van der Waals surface area contributed by atoms with Gasteiger partial charge >= 0.3 is 0 Å². The molecule has 6 unspecified atom stereocenters. The van der Waals surface area contributed by atoms with Gasteiger partial charge in [-0.25, -0.2) is 0 Å². The normalized spacial score (nSPS) is 50.4. The van der Waals surface area contributed by atoms with Crippen molar-refractivity contribution in [2.45, 2.75) is 52.2 Å². The van der Waals surface area contributed by atoms with E-state index in [0.717, 1.165) is 25.4 Å². The van der Waals surface area contributed by atoms with Gasteiger partial charge in [-0.2, -0.15) is 0 Å². The number of aliphatic hydroxyl groups is 1. The Labute approximate surface area is 93.0 Å². The Morgan fingerprint density at radius 2 is 1.93 bits per heavy atom. The van der Waals surface area contributed by atoms with Crippen molar-refractivity contribution in [1.82, 2.24) is 0 Å². The second kappa shape index (κ2) is 4.42. The summed E-state index contributed by atoms with van der Waals surface area (Å²) >= 11 is 0. The standard InChI is InChI=1S/C13H24O2/c1-4-15-13-10-5-8(2)6-11(13)12(14)9(3)7-10/h8-14H,4-7H2,1-3H3. The highest BCUT2D eigenvalue weighted by Gasteiger charge is 2.46. The number of ether oxygens (including phenoxy) is 1. The Bertz CT molecular complexity index is 217. The van der Waals surface area contributed by atoms with Crippen molar-refractivity contribution in [3.63, 3.8) is 0 Å². The summed E-state index contributed by atoms with van der Waals surface area (Å²) in [7, 11) is 0. The van der Waals surface area contributed by atoms with Crippen molar-refractivity contribution in [3.05, 3.63) is 0 Å². The first-order valence-corrected chi connectivity index (χ1v) is 6.43. The van der Waals surface area contributed by atoms with Gasteiger partial charge in [0.05, 0.1) is 12.2 Å². The minimum absolute atomic E-state index is 0.138. The maximum atomic E-state index is 10.2. The average Bonchev–Trinajstić information content (AvgIpc) is 2.18. The molecule has 1 N–H and O–H groups in total. The molecule has 0 aliphatic heterocycles. The van der Waals surface area contributed by atoms with E-state index in [2.05, 4.69) is 20.8 Å². The lowest BCUT2D eigenvalue weighted by molar-refractivity contribution is -0.142. The predicted molar refractivity (Wildman–Crippen MR) is 60.6 cm³/mol. The van der Waals surface area contributed by atoms with Gasteiger partial charge in [0.2, 0.25) is 0 Å². The van der Waals surface area contributed by atoms with E-state index < -0.39 is 0 Å². The smallest absolute Gasteiger partial charge is 0.0656 e. The number of aliphatic hydroxyl groups excluding tert-OH is 1. The van der Waals surface area contributed by atoms with Gasteiger partial charge in [0.15, 0.2) is 0 Å². The van der Waals surface area contributed by atoms with E-state index in [1.807, 2.05) is 0 Å². The highest BCUT2D eigenvalue weighted by Crippen LogP contribution is 2.46. The SMILES string of the molecule is CCOC1C2CC(C)CC1C(O)C(C)C2. The van der Waals surface area contributed by atoms with Crippen molar-refractivity contribution >= 4 is 0 Å². The number of hydrogen-bond acceptors (Lipinski definition) is 2. The first-order valence-electron chi connectivity index (χ1n) is 6.43. The molecule has 0 aromatic carbocycles. The Morgan fingerprint density at radius 1 is 1.20 bits per heavy atom. The molecule has 6 atom stereocenters. The lowest BCUT2D eigenvalue weighted by atomic mass is 9.62. The summed E-state index contributed by atoms with van der Waals surface area (Å²) in [4.78, 5) is 0. The van der Waals surface area contributed by atoms with Crippen LogP contribution in [-0.2, 0) is 4.74 Å². The highest BCUT2D eigenvalue weighted by atomic mass is 16.5. The molecule has 0 radical (unpaired) electrons. The van der Waals surface area contributed by atoms with E-state index >= 15 is 0 Å². The third-order valence-electron chi connectivity index (χ3n) is 4.32. The Hall–Kier alpha value is -0.0800. The summed E-state index contributed by atoms with van der Waals surface area (Å²) in [5.41, 5.74) is 0. The number of fused-ring (bicyclic) bond motifs is 2. The number of rotatable bonds is 2. The van der Waals surface area contributed by atoms with Crippen molar-refractivity contribution in [2.24, 2.45) is 23.7 Å². The van der Waals surface area contributed by atoms with Crippen molar-refractivity contribution in [3.8, 4) is 0 Å². The Kier molecular flexibility index (Phi) is 3.36. The first-order chi connectivity index (χ1) is 7.13. The van der Waals surface area contributed by atoms with E-state index in [1.54, 1.807) is 0 Å². The fraction of sp³-hybridized carbons (Fsp3) is 1.00. The van der Waals surface area contributed by atoms with Crippen molar-refractivity contribution in [1.29, 1.82) is 0 Å². The quantitative estimate of drug-likeness (QED) is 0.762. The van der Waals surface area contributed by atoms with Crippen LogP contribution in [0.1, 0.15) is 40.0 Å². The summed E-state index contributed by atoms with van der Waals surface area (Å²) in [5.74, 6) is 2.31. The van der Waals surface area contributed by atoms with E-state index in [9.17, 15) is 5.11 Å². The minimum atomic E-state index is -0.138. The molecular formula is C13H24O2. The van der Waals surface area contributed by atoms with E-state index in [1.165, 1.54) is 6.42 Å². The fourth-order valence-electron chi connectivity index (χ4n) is 3.75. The van der Waals surface area contributed by atoms with E-state index in [0.29, 0.717) is 23.9 Å². The molecule has 0 amide bonds. The van der Waals surface area contributed by atoms with Crippen LogP contribution >= 0.6 is 0 Å². The van der Waals surface area contributed by atoms with Crippen LogP contribution in [0.25, 0.3) is 0 Å². The van der Waals surface area contributed by atoms with Gasteiger partial charge in [0.25, 0.3) is 0 Å². The van der Waals surface area contributed by atoms with Gasteiger partial charge in [-0.1, -0.05) is 13.8 Å². The lowest BCUT2D eigenvalue weighted by Gasteiger charge is -2.49. The van der Waals surface area contributed by atoms with Crippen LogP contribution in [-0.4, -0.2) is 23.9 Å². The molecule has 2 fully saturated rings. The molecule has 0 heterocycles. The molecule has 2 rings (SSSR count). The van der Waals surface area contributed by atoms with E-state index in [4.69, 9.17) is 4.74 Å². The van der Waals surface area contributed by atoms with Crippen LogP contribution in [0.4, 0.5) is 0 Å². The molecule has 0 saturated heterocycles. The van der Waals surface area contributed by atoms with Crippen molar-refractivity contribution in [2.75, 3.05) is 6.61 Å². The molecular weight excluding hydrogens is 188 g/mol. The van der Waals surface area contributed by atoms with Gasteiger partial charge < -0.3 is 9.84 Å². The summed E-state index contributed by atoms with van der Waals surface area (Å²) in [6, 6.07) is 0. The summed E-state index contributed by atoms with van der Waals surface area (Å²) in [6.07, 6.45) is 3.77. The summed E-state index contributed by atoms with van der Waals surface area (Å²) in [6.45, 7) is 7.34. The second-order valence-electron chi connectivity index (χ2n) is 5.62. The topological polar surface area (TPSA) is 29.5 Å². The van der Waals surface area contributed by atoms with Gasteiger partial charge in [-0.05, 0) is 43.9 Å². The lowest BCUT2D eigenvalue weighted by Crippen LogP contribution is -2.51. The molecule has 88 valence electrons. The van der Waals surface area contributed by atoms with E-state index in [-0.39, 0.29) is 6.10 Å². The molecule has 15 heavy (non-hydrogen) atoms. The zero-order valence-electron chi connectivity index (χ0n) is 10.1. The van der Waals surface area contributed by atoms with Gasteiger partial charge in [0.1, 0.15) is 0 Å². The molecule has 0 aromatic rings. The first kappa shape index (κ1) is 11.4. The van der Waals surface area contributed by atoms with Crippen molar-refractivity contribution < 1.29 is 9.84 Å². The summed E-state index contributed by atoms with van der Waals surface area (Å²) in [5, 5.41) is 10.2. The summed E-state index contributed by atoms with van der Waals surface area (Å²) < 4.78 is 5.86. The van der Waals surface area contributed by atoms with Crippen LogP contribution in [0.3, 0.4) is 0 Å². The second-order valence-corrected chi connectivity index (χ2v) is 5.62. The molecule has 2 nitrogen and oxygen atoms in total. The average molecular weight is 212 g/mol. The molecule has 2 heteroatoms. The maximum Gasteiger partial charge on any atom is 0.0656 e. The molecule has 2 aliphatic carbocycles. The van der Waals surface area contributed by atoms with Crippen LogP contribution in [0.2, 0.25) is 0 Å². The van der Waals surface area contributed by atoms with Crippen LogP contribution < -0.4 is 0 Å². The molecule has 2 aliphatic rings. The molecule has 0 aromatic heterocycles. The Balaban J connectivity index is 2.13. The predicted octanol–water partition coefficient (Wildman–Crippen LogP) is 2.45.